The maximum absolute atomic E-state index is 10.9. The normalized spacial score (nSPS) is 12.1. The van der Waals surface area contributed by atoms with Crippen LogP contribution in [-0.2, 0) is 0 Å². The number of rotatable bonds is 1. The fourth-order valence-corrected chi connectivity index (χ4v) is 0.970. The Morgan fingerprint density at radius 1 is 1.83 bits per heavy atom. The summed E-state index contributed by atoms with van der Waals surface area (Å²) in [5, 5.41) is 17.5. The molecule has 1 atom stereocenters. The van der Waals surface area contributed by atoms with Crippen LogP contribution in [0.15, 0.2) is 18.3 Å². The van der Waals surface area contributed by atoms with Crippen molar-refractivity contribution < 1.29 is 9.90 Å². The molecule has 1 N–H and O–H groups in total. The van der Waals surface area contributed by atoms with Crippen molar-refractivity contribution in [2.24, 2.45) is 0 Å². The van der Waals surface area contributed by atoms with E-state index in [0.29, 0.717) is 5.69 Å². The van der Waals surface area contributed by atoms with Gasteiger partial charge in [0.25, 0.3) is 0 Å². The van der Waals surface area contributed by atoms with Crippen LogP contribution in [0.1, 0.15) is 23.5 Å². The Kier molecular flexibility index (Phi) is 2.26. The van der Waals surface area contributed by atoms with Gasteiger partial charge >= 0.3 is 0 Å². The van der Waals surface area contributed by atoms with Crippen LogP contribution in [0.2, 0.25) is 0 Å². The molecular formula is C8H8N2O2. The van der Waals surface area contributed by atoms with Gasteiger partial charge in [-0.15, -0.1) is 0 Å². The molecule has 0 spiro atoms. The van der Waals surface area contributed by atoms with E-state index in [4.69, 9.17) is 10.4 Å². The largest absolute Gasteiger partial charge is 0.373 e. The first-order valence-corrected chi connectivity index (χ1v) is 3.42. The molecule has 1 aromatic heterocycles. The summed E-state index contributed by atoms with van der Waals surface area (Å²) in [5.41, 5.74) is 0.310. The highest BCUT2D eigenvalue weighted by atomic mass is 16.3. The van der Waals surface area contributed by atoms with Gasteiger partial charge in [0, 0.05) is 13.1 Å². The minimum absolute atomic E-state index is 0.218. The smallest absolute Gasteiger partial charge is 0.227 e. The monoisotopic (exact) mass is 164 g/mol. The van der Waals surface area contributed by atoms with E-state index in [1.807, 2.05) is 0 Å². The van der Waals surface area contributed by atoms with Gasteiger partial charge in [-0.3, -0.25) is 9.36 Å². The predicted octanol–water partition coefficient (Wildman–Crippen LogP) is 0.705. The van der Waals surface area contributed by atoms with Crippen LogP contribution in [0.3, 0.4) is 0 Å². The number of carbonyl (C=O) groups is 1. The Hall–Kier alpha value is -1.60. The van der Waals surface area contributed by atoms with Gasteiger partial charge in [-0.25, -0.2) is 0 Å². The number of hydrogen-bond donors (Lipinski definition) is 1. The highest BCUT2D eigenvalue weighted by Gasteiger charge is 2.12. The second kappa shape index (κ2) is 3.20. The molecule has 0 unspecified atom stereocenters. The van der Waals surface area contributed by atoms with Gasteiger partial charge in [0.1, 0.15) is 6.07 Å². The Bertz CT molecular complexity index is 335. The van der Waals surface area contributed by atoms with Crippen molar-refractivity contribution in [1.29, 1.82) is 5.26 Å². The van der Waals surface area contributed by atoms with Crippen molar-refractivity contribution in [3.05, 3.63) is 24.0 Å². The summed E-state index contributed by atoms with van der Waals surface area (Å²) in [6.45, 7) is 1.37. The first-order valence-electron chi connectivity index (χ1n) is 3.42. The molecule has 4 nitrogen and oxygen atoms in total. The van der Waals surface area contributed by atoms with E-state index >= 15 is 0 Å². The molecule has 1 rings (SSSR count). The fraction of sp³-hybridized carbons (Fsp3) is 0.250. The van der Waals surface area contributed by atoms with Crippen LogP contribution < -0.4 is 0 Å². The molecule has 0 saturated heterocycles. The van der Waals surface area contributed by atoms with Crippen LogP contribution in [0.4, 0.5) is 0 Å². The van der Waals surface area contributed by atoms with Crippen molar-refractivity contribution in [3.63, 3.8) is 0 Å². The van der Waals surface area contributed by atoms with Gasteiger partial charge in [-0.2, -0.15) is 5.26 Å². The molecule has 0 bridgehead atoms. The fourth-order valence-electron chi connectivity index (χ4n) is 0.970. The van der Waals surface area contributed by atoms with Gasteiger partial charge in [0.15, 0.2) is 6.10 Å². The molecule has 0 amide bonds. The van der Waals surface area contributed by atoms with Crippen LogP contribution in [0.5, 0.6) is 0 Å². The molecule has 1 heterocycles. The third-order valence-electron chi connectivity index (χ3n) is 1.52. The quantitative estimate of drug-likeness (QED) is 0.621. The predicted molar refractivity (Wildman–Crippen MR) is 41.3 cm³/mol. The Balaban J connectivity index is 3.09. The lowest BCUT2D eigenvalue weighted by Crippen LogP contribution is -2.10. The molecule has 4 heteroatoms. The van der Waals surface area contributed by atoms with Gasteiger partial charge in [0.05, 0.1) is 5.69 Å². The van der Waals surface area contributed by atoms with Gasteiger partial charge in [-0.05, 0) is 12.1 Å². The van der Waals surface area contributed by atoms with E-state index in [9.17, 15) is 4.79 Å². The highest BCUT2D eigenvalue weighted by Crippen LogP contribution is 2.12. The first kappa shape index (κ1) is 8.50. The molecule has 0 fully saturated rings. The zero-order valence-corrected chi connectivity index (χ0v) is 6.56. The summed E-state index contributed by atoms with van der Waals surface area (Å²) in [5.74, 6) is -0.218. The Morgan fingerprint density at radius 3 is 3.00 bits per heavy atom. The van der Waals surface area contributed by atoms with Crippen molar-refractivity contribution in [2.75, 3.05) is 0 Å². The summed E-state index contributed by atoms with van der Waals surface area (Å²) in [7, 11) is 0. The lowest BCUT2D eigenvalue weighted by Gasteiger charge is -2.04. The molecule has 12 heavy (non-hydrogen) atoms. The maximum atomic E-state index is 10.9. The Morgan fingerprint density at radius 2 is 2.50 bits per heavy atom. The van der Waals surface area contributed by atoms with Crippen LogP contribution in [0, 0.1) is 11.3 Å². The number of aliphatic hydroxyl groups excluding tert-OH is 1. The molecule has 0 saturated carbocycles. The van der Waals surface area contributed by atoms with E-state index in [1.165, 1.54) is 23.8 Å². The number of nitriles is 1. The number of aliphatic hydroxyl groups is 1. The molecule has 62 valence electrons. The SMILES string of the molecule is CC(=O)n1cccc1[C@@H](O)C#N. The van der Waals surface area contributed by atoms with E-state index in [2.05, 4.69) is 0 Å². The lowest BCUT2D eigenvalue weighted by atomic mass is 10.3. The van der Waals surface area contributed by atoms with E-state index in [-0.39, 0.29) is 5.91 Å². The molecule has 0 aliphatic rings. The second-order valence-electron chi connectivity index (χ2n) is 2.35. The van der Waals surface area contributed by atoms with Gasteiger partial charge < -0.3 is 5.11 Å². The zero-order valence-electron chi connectivity index (χ0n) is 6.56. The van der Waals surface area contributed by atoms with Crippen molar-refractivity contribution in [3.8, 4) is 6.07 Å². The lowest BCUT2D eigenvalue weighted by molar-refractivity contribution is 0.0923. The van der Waals surface area contributed by atoms with Crippen molar-refractivity contribution in [2.45, 2.75) is 13.0 Å². The number of aromatic nitrogens is 1. The average molecular weight is 164 g/mol. The third kappa shape index (κ3) is 1.36. The summed E-state index contributed by atoms with van der Waals surface area (Å²) < 4.78 is 1.24. The van der Waals surface area contributed by atoms with Crippen molar-refractivity contribution in [1.82, 2.24) is 4.57 Å². The highest BCUT2D eigenvalue weighted by molar-refractivity contribution is 5.77. The first-order chi connectivity index (χ1) is 5.66. The summed E-state index contributed by atoms with van der Waals surface area (Å²) >= 11 is 0. The summed E-state index contributed by atoms with van der Waals surface area (Å²) in [6, 6.07) is 4.79. The topological polar surface area (TPSA) is 66.0 Å². The average Bonchev–Trinajstić information content (AvgIpc) is 2.50. The third-order valence-corrected chi connectivity index (χ3v) is 1.52. The van der Waals surface area contributed by atoms with E-state index < -0.39 is 6.10 Å². The van der Waals surface area contributed by atoms with Gasteiger partial charge in [0.2, 0.25) is 5.91 Å². The van der Waals surface area contributed by atoms with Crippen LogP contribution in [-0.4, -0.2) is 15.6 Å². The second-order valence-corrected chi connectivity index (χ2v) is 2.35. The molecule has 0 aliphatic heterocycles. The minimum atomic E-state index is -1.23. The van der Waals surface area contributed by atoms with Crippen molar-refractivity contribution >= 4 is 5.91 Å². The minimum Gasteiger partial charge on any atom is -0.373 e. The Labute approximate surface area is 69.7 Å². The zero-order chi connectivity index (χ0) is 9.14. The number of hydrogen-bond acceptors (Lipinski definition) is 3. The maximum Gasteiger partial charge on any atom is 0.227 e. The van der Waals surface area contributed by atoms with E-state index in [1.54, 1.807) is 12.1 Å². The standard InChI is InChI=1S/C8H8N2O2/c1-6(11)10-4-2-3-7(10)8(12)5-9/h2-4,8,12H,1H3/t8-/m0/s1. The van der Waals surface area contributed by atoms with Gasteiger partial charge in [-0.1, -0.05) is 0 Å². The number of nitrogens with zero attached hydrogens (tertiary/aromatic N) is 2. The molecule has 0 radical (unpaired) electrons. The number of carbonyl (C=O) groups excluding carboxylic acids is 1. The van der Waals surface area contributed by atoms with Crippen LogP contribution >= 0.6 is 0 Å². The molecule has 1 aromatic rings. The summed E-state index contributed by atoms with van der Waals surface area (Å²) in [6.07, 6.45) is 0.280. The molecule has 0 aromatic carbocycles. The summed E-state index contributed by atoms with van der Waals surface area (Å²) in [4.78, 5) is 10.9. The van der Waals surface area contributed by atoms with E-state index in [0.717, 1.165) is 0 Å². The molecular weight excluding hydrogens is 156 g/mol. The van der Waals surface area contributed by atoms with Crippen LogP contribution in [0.25, 0.3) is 0 Å². The molecule has 0 aliphatic carbocycles.